The second kappa shape index (κ2) is 7.72. The van der Waals surface area contributed by atoms with Crippen molar-refractivity contribution in [1.82, 2.24) is 9.13 Å². The lowest BCUT2D eigenvalue weighted by molar-refractivity contribution is 1.17. The molecule has 0 saturated carbocycles. The van der Waals surface area contributed by atoms with E-state index in [4.69, 9.17) is 0 Å². The van der Waals surface area contributed by atoms with Crippen molar-refractivity contribution in [2.24, 2.45) is 0 Å². The lowest BCUT2D eigenvalue weighted by Gasteiger charge is -2.13. The highest BCUT2D eigenvalue weighted by Crippen LogP contribution is 2.47. The van der Waals surface area contributed by atoms with Crippen LogP contribution in [0.1, 0.15) is 0 Å². The first-order valence-electron chi connectivity index (χ1n) is 13.2. The Morgan fingerprint density at radius 1 is 0.410 bits per heavy atom. The Hall–Kier alpha value is -4.60. The molecule has 0 aliphatic carbocycles. The Morgan fingerprint density at radius 3 is 1.92 bits per heavy atom. The minimum absolute atomic E-state index is 1.07. The number of hydrogen-bond acceptors (Lipinski definition) is 0. The summed E-state index contributed by atoms with van der Waals surface area (Å²) in [6.07, 6.45) is 0. The molecular weight excluding hydrogens is 540 g/mol. The van der Waals surface area contributed by atoms with Crippen molar-refractivity contribution >= 4 is 59.5 Å². The van der Waals surface area contributed by atoms with Gasteiger partial charge >= 0.3 is 0 Å². The van der Waals surface area contributed by atoms with Crippen LogP contribution < -0.4 is 0 Å². The second-order valence-corrected chi connectivity index (χ2v) is 11.2. The van der Waals surface area contributed by atoms with Crippen molar-refractivity contribution in [1.29, 1.82) is 0 Å². The topological polar surface area (TPSA) is 9.86 Å². The maximum absolute atomic E-state index is 3.70. The van der Waals surface area contributed by atoms with Crippen LogP contribution in [0.4, 0.5) is 0 Å². The van der Waals surface area contributed by atoms with Gasteiger partial charge in [0.15, 0.2) is 0 Å². The molecule has 0 saturated heterocycles. The molecule has 0 unspecified atom stereocenters. The third-order valence-electron chi connectivity index (χ3n) is 8.30. The number of fused-ring (bicyclic) bond motifs is 11. The summed E-state index contributed by atoms with van der Waals surface area (Å²) in [5.41, 5.74) is 12.4. The standard InChI is InChI=1S/C36H21BrN2/c37-22-9-7-10-23(19-22)38-32-17-5-4-14-27(32)30-20-31-29-16-8-15-28-25-12-2-1-11-24(25)26-13-3-6-18-33(26)39(36(28)29)35(31)21-34(30)38/h1-21H. The van der Waals surface area contributed by atoms with E-state index in [-0.39, 0.29) is 0 Å². The minimum Gasteiger partial charge on any atom is -0.309 e. The molecule has 0 N–H and O–H groups in total. The summed E-state index contributed by atoms with van der Waals surface area (Å²) >= 11 is 3.70. The molecule has 0 amide bonds. The minimum atomic E-state index is 1.07. The zero-order valence-corrected chi connectivity index (χ0v) is 22.5. The van der Waals surface area contributed by atoms with Crippen molar-refractivity contribution in [3.63, 3.8) is 0 Å². The van der Waals surface area contributed by atoms with Crippen LogP contribution in [-0.2, 0) is 0 Å². The lowest BCUT2D eigenvalue weighted by Crippen LogP contribution is -1.97. The van der Waals surface area contributed by atoms with E-state index in [0.29, 0.717) is 0 Å². The fraction of sp³-hybridized carbons (Fsp3) is 0. The fourth-order valence-electron chi connectivity index (χ4n) is 6.74. The van der Waals surface area contributed by atoms with E-state index in [1.807, 2.05) is 0 Å². The van der Waals surface area contributed by atoms with Crippen LogP contribution in [0.3, 0.4) is 0 Å². The maximum atomic E-state index is 3.70. The monoisotopic (exact) mass is 560 g/mol. The van der Waals surface area contributed by atoms with Crippen molar-refractivity contribution in [3.05, 3.63) is 132 Å². The van der Waals surface area contributed by atoms with E-state index in [1.54, 1.807) is 0 Å². The number of halogens is 1. The smallest absolute Gasteiger partial charge is 0.0619 e. The molecule has 1 aliphatic heterocycles. The van der Waals surface area contributed by atoms with Gasteiger partial charge in [-0.2, -0.15) is 0 Å². The van der Waals surface area contributed by atoms with Gasteiger partial charge in [0.05, 0.1) is 27.8 Å². The summed E-state index contributed by atoms with van der Waals surface area (Å²) in [7, 11) is 0. The number of nitrogens with zero attached hydrogens (tertiary/aromatic N) is 2. The molecule has 8 aromatic rings. The Kier molecular flexibility index (Phi) is 4.22. The van der Waals surface area contributed by atoms with E-state index in [2.05, 4.69) is 152 Å². The summed E-state index contributed by atoms with van der Waals surface area (Å²) in [5.74, 6) is 0. The predicted molar refractivity (Wildman–Crippen MR) is 167 cm³/mol. The highest BCUT2D eigenvalue weighted by Gasteiger charge is 2.25. The molecule has 3 heterocycles. The third-order valence-corrected chi connectivity index (χ3v) is 8.79. The van der Waals surface area contributed by atoms with Crippen LogP contribution in [0.25, 0.3) is 77.2 Å². The summed E-state index contributed by atoms with van der Waals surface area (Å²) in [6.45, 7) is 0. The molecule has 0 spiro atoms. The van der Waals surface area contributed by atoms with Gasteiger partial charge in [0.1, 0.15) is 0 Å². The summed E-state index contributed by atoms with van der Waals surface area (Å²) in [4.78, 5) is 0. The first-order valence-corrected chi connectivity index (χ1v) is 14.0. The van der Waals surface area contributed by atoms with Crippen molar-refractivity contribution in [3.8, 4) is 33.6 Å². The van der Waals surface area contributed by atoms with Gasteiger partial charge in [-0.1, -0.05) is 101 Å². The molecule has 2 nitrogen and oxygen atoms in total. The molecule has 0 bridgehead atoms. The molecule has 0 fully saturated rings. The van der Waals surface area contributed by atoms with E-state index >= 15 is 0 Å². The molecule has 0 radical (unpaired) electrons. The van der Waals surface area contributed by atoms with E-state index in [9.17, 15) is 0 Å². The Labute approximate surface area is 233 Å². The van der Waals surface area contributed by atoms with Gasteiger partial charge in [-0.3, -0.25) is 0 Å². The van der Waals surface area contributed by atoms with Gasteiger partial charge in [0, 0.05) is 42.8 Å². The highest BCUT2D eigenvalue weighted by atomic mass is 79.9. The first-order chi connectivity index (χ1) is 19.3. The van der Waals surface area contributed by atoms with Crippen molar-refractivity contribution in [2.45, 2.75) is 0 Å². The van der Waals surface area contributed by atoms with E-state index in [1.165, 1.54) is 71.6 Å². The Morgan fingerprint density at radius 2 is 1.05 bits per heavy atom. The molecule has 9 rings (SSSR count). The molecule has 0 atom stereocenters. The second-order valence-electron chi connectivity index (χ2n) is 10.3. The van der Waals surface area contributed by atoms with Gasteiger partial charge in [0.25, 0.3) is 0 Å². The van der Waals surface area contributed by atoms with Gasteiger partial charge in [-0.25, -0.2) is 0 Å². The van der Waals surface area contributed by atoms with Gasteiger partial charge in [-0.05, 0) is 53.6 Å². The zero-order valence-electron chi connectivity index (χ0n) is 20.9. The molecule has 39 heavy (non-hydrogen) atoms. The molecule has 182 valence electrons. The number of benzene rings is 6. The fourth-order valence-corrected chi connectivity index (χ4v) is 7.12. The maximum Gasteiger partial charge on any atom is 0.0619 e. The van der Waals surface area contributed by atoms with Crippen molar-refractivity contribution in [2.75, 3.05) is 0 Å². The molecule has 1 aliphatic rings. The van der Waals surface area contributed by atoms with Crippen molar-refractivity contribution < 1.29 is 0 Å². The highest BCUT2D eigenvalue weighted by molar-refractivity contribution is 9.10. The van der Waals surface area contributed by atoms with Gasteiger partial charge in [-0.15, -0.1) is 0 Å². The quantitative estimate of drug-likeness (QED) is 0.189. The lowest BCUT2D eigenvalue weighted by atomic mass is 9.94. The number of rotatable bonds is 1. The zero-order chi connectivity index (χ0) is 25.7. The Balaban J connectivity index is 1.52. The molecule has 3 heteroatoms. The normalized spacial score (nSPS) is 12.2. The number of para-hydroxylation sites is 3. The average Bonchev–Trinajstić information content (AvgIpc) is 3.43. The third kappa shape index (κ3) is 2.80. The molecule has 2 aromatic heterocycles. The van der Waals surface area contributed by atoms with Gasteiger partial charge < -0.3 is 9.13 Å². The van der Waals surface area contributed by atoms with Crippen LogP contribution in [0, 0.1) is 0 Å². The summed E-state index contributed by atoms with van der Waals surface area (Å²) < 4.78 is 5.97. The summed E-state index contributed by atoms with van der Waals surface area (Å²) in [6, 6.07) is 46.6. The van der Waals surface area contributed by atoms with Crippen LogP contribution in [0.2, 0.25) is 0 Å². The predicted octanol–water partition coefficient (Wildman–Crippen LogP) is 10.3. The molecule has 6 aromatic carbocycles. The SMILES string of the molecule is Brc1cccc(-n2c3ccccc3c3cc4c5cccc6c5n(c4cc32)-c2ccccc2-c2ccccc2-6)c1. The van der Waals surface area contributed by atoms with Crippen LogP contribution >= 0.6 is 15.9 Å². The Bertz CT molecular complexity index is 2300. The van der Waals surface area contributed by atoms with Crippen LogP contribution in [0.5, 0.6) is 0 Å². The first kappa shape index (κ1) is 21.3. The summed E-state index contributed by atoms with van der Waals surface area (Å²) in [5, 5.41) is 5.11. The number of aromatic nitrogens is 2. The van der Waals surface area contributed by atoms with Crippen LogP contribution in [0.15, 0.2) is 132 Å². The van der Waals surface area contributed by atoms with Crippen LogP contribution in [-0.4, -0.2) is 9.13 Å². The average molecular weight is 561 g/mol. The molecular formula is C36H21BrN2. The van der Waals surface area contributed by atoms with E-state index < -0.39 is 0 Å². The largest absolute Gasteiger partial charge is 0.309 e. The number of hydrogen-bond donors (Lipinski definition) is 0. The van der Waals surface area contributed by atoms with Gasteiger partial charge in [0.2, 0.25) is 0 Å². The van der Waals surface area contributed by atoms with E-state index in [0.717, 1.165) is 10.2 Å².